The van der Waals surface area contributed by atoms with Crippen LogP contribution < -0.4 is 24.3 Å². The first kappa shape index (κ1) is 28.2. The molecular weight excluding hydrogens is 497 g/mol. The number of hydrogen-bond acceptors (Lipinski definition) is 8. The second kappa shape index (κ2) is 13.7. The minimum Gasteiger partial charge on any atom is -0.494 e. The Kier molecular flexibility index (Phi) is 11.1. The first-order valence-electron chi connectivity index (χ1n) is 11.2. The molecule has 0 aliphatic rings. The van der Waals surface area contributed by atoms with Crippen molar-refractivity contribution in [3.05, 3.63) is 34.3 Å². The Morgan fingerprint density at radius 3 is 2.03 bits per heavy atom. The number of carbonyl (C=O) groups is 2. The van der Waals surface area contributed by atoms with E-state index in [1.807, 2.05) is 13.8 Å². The highest BCUT2D eigenvalue weighted by Gasteiger charge is 2.26. The minimum atomic E-state index is -1.47. The highest BCUT2D eigenvalue weighted by molar-refractivity contribution is 6.35. The van der Waals surface area contributed by atoms with Crippen molar-refractivity contribution in [1.29, 1.82) is 0 Å². The van der Waals surface area contributed by atoms with Crippen LogP contribution in [0.25, 0.3) is 0 Å². The molecule has 0 saturated carbocycles. The number of benzene rings is 2. The molecule has 190 valence electrons. The summed E-state index contributed by atoms with van der Waals surface area (Å²) in [5.74, 6) is 0.201. The molecule has 0 bridgehead atoms. The molecule has 0 fully saturated rings. The van der Waals surface area contributed by atoms with Crippen LogP contribution in [-0.2, 0) is 9.59 Å². The van der Waals surface area contributed by atoms with Crippen LogP contribution in [0.2, 0.25) is 10.0 Å². The van der Waals surface area contributed by atoms with E-state index >= 15 is 0 Å². The molecular formula is C24H29Cl2N3O6. The average molecular weight is 526 g/mol. The quantitative estimate of drug-likeness (QED) is 0.244. The third-order valence-corrected chi connectivity index (χ3v) is 5.19. The van der Waals surface area contributed by atoms with Crippen molar-refractivity contribution in [3.8, 4) is 23.0 Å². The molecule has 0 aromatic heterocycles. The number of nitrogens with one attached hydrogen (secondary N) is 1. The average Bonchev–Trinajstić information content (AvgIpc) is 2.80. The number of anilines is 1. The van der Waals surface area contributed by atoms with Gasteiger partial charge in [-0.2, -0.15) is 5.11 Å². The summed E-state index contributed by atoms with van der Waals surface area (Å²) < 4.78 is 22.1. The molecule has 0 aliphatic carbocycles. The lowest BCUT2D eigenvalue weighted by molar-refractivity contribution is -0.126. The van der Waals surface area contributed by atoms with E-state index in [0.717, 1.165) is 0 Å². The van der Waals surface area contributed by atoms with Gasteiger partial charge < -0.3 is 24.3 Å². The van der Waals surface area contributed by atoms with Crippen LogP contribution in [0, 0.1) is 0 Å². The summed E-state index contributed by atoms with van der Waals surface area (Å²) >= 11 is 12.8. The highest BCUT2D eigenvalue weighted by atomic mass is 35.5. The van der Waals surface area contributed by atoms with Crippen molar-refractivity contribution in [1.82, 2.24) is 0 Å². The van der Waals surface area contributed by atoms with Crippen molar-refractivity contribution in [2.45, 2.75) is 40.7 Å². The zero-order valence-corrected chi connectivity index (χ0v) is 21.8. The van der Waals surface area contributed by atoms with E-state index in [9.17, 15) is 9.59 Å². The van der Waals surface area contributed by atoms with Crippen LogP contribution in [0.4, 0.5) is 11.4 Å². The van der Waals surface area contributed by atoms with E-state index in [0.29, 0.717) is 49.4 Å². The number of Topliss-reactive ketones (excluding diaryl/α,β-unsaturated/α-hetero) is 1. The maximum atomic E-state index is 13.0. The summed E-state index contributed by atoms with van der Waals surface area (Å²) in [6.45, 7) is 9.95. The van der Waals surface area contributed by atoms with Gasteiger partial charge >= 0.3 is 0 Å². The number of azo groups is 1. The third kappa shape index (κ3) is 7.47. The molecule has 0 radical (unpaired) electrons. The summed E-state index contributed by atoms with van der Waals surface area (Å²) in [5, 5.41) is 11.0. The maximum Gasteiger partial charge on any atom is 0.258 e. The zero-order chi connectivity index (χ0) is 26.0. The molecule has 11 heteroatoms. The highest BCUT2D eigenvalue weighted by Crippen LogP contribution is 2.42. The Morgan fingerprint density at radius 1 is 0.857 bits per heavy atom. The van der Waals surface area contributed by atoms with E-state index in [-0.39, 0.29) is 21.4 Å². The number of nitrogens with zero attached hydrogens (tertiary/aromatic N) is 2. The van der Waals surface area contributed by atoms with Crippen LogP contribution in [0.15, 0.2) is 34.5 Å². The predicted molar refractivity (Wildman–Crippen MR) is 135 cm³/mol. The van der Waals surface area contributed by atoms with E-state index in [2.05, 4.69) is 15.5 Å². The lowest BCUT2D eigenvalue weighted by atomic mass is 10.2. The number of carbonyl (C=O) groups excluding carboxylic acids is 2. The summed E-state index contributed by atoms with van der Waals surface area (Å²) in [6.07, 6.45) is 0. The summed E-state index contributed by atoms with van der Waals surface area (Å²) in [5.41, 5.74) is 0.354. The Labute approximate surface area is 214 Å². The molecule has 2 aromatic carbocycles. The van der Waals surface area contributed by atoms with Gasteiger partial charge in [0.2, 0.25) is 6.04 Å². The molecule has 0 spiro atoms. The lowest BCUT2D eigenvalue weighted by Gasteiger charge is -2.16. The second-order valence-corrected chi connectivity index (χ2v) is 7.71. The fourth-order valence-electron chi connectivity index (χ4n) is 2.97. The number of halogens is 2. The van der Waals surface area contributed by atoms with Gasteiger partial charge in [0.25, 0.3) is 5.91 Å². The van der Waals surface area contributed by atoms with Crippen LogP contribution in [0.1, 0.15) is 34.6 Å². The largest absolute Gasteiger partial charge is 0.494 e. The van der Waals surface area contributed by atoms with Crippen LogP contribution in [0.5, 0.6) is 23.0 Å². The standard InChI is InChI=1S/C24H29Cl2N3O6/c1-6-32-15-12-16(20(25)19(13-15)35-9-4)27-24(31)22(14(5)30)28-29-23-18(34-8-3)11-10-17(21(23)26)33-7-2/h10-13,22H,6-9H2,1-5H3,(H,27,31). The van der Waals surface area contributed by atoms with Crippen molar-refractivity contribution in [3.63, 3.8) is 0 Å². The number of ketones is 1. The van der Waals surface area contributed by atoms with Gasteiger partial charge in [0, 0.05) is 12.1 Å². The summed E-state index contributed by atoms with van der Waals surface area (Å²) in [6, 6.07) is 4.96. The van der Waals surface area contributed by atoms with Gasteiger partial charge in [-0.3, -0.25) is 9.59 Å². The summed E-state index contributed by atoms with van der Waals surface area (Å²) in [7, 11) is 0. The van der Waals surface area contributed by atoms with E-state index in [4.69, 9.17) is 42.1 Å². The Balaban J connectivity index is 2.40. The molecule has 1 unspecified atom stereocenters. The van der Waals surface area contributed by atoms with E-state index in [1.165, 1.54) is 13.0 Å². The molecule has 1 amide bonds. The Hall–Kier alpha value is -3.04. The smallest absolute Gasteiger partial charge is 0.258 e. The first-order chi connectivity index (χ1) is 16.8. The Bertz CT molecular complexity index is 1080. The third-order valence-electron chi connectivity index (χ3n) is 4.43. The molecule has 0 heterocycles. The molecule has 1 N–H and O–H groups in total. The Morgan fingerprint density at radius 2 is 1.43 bits per heavy atom. The van der Waals surface area contributed by atoms with Crippen LogP contribution in [0.3, 0.4) is 0 Å². The molecule has 2 rings (SSSR count). The van der Waals surface area contributed by atoms with Crippen molar-refractivity contribution in [2.24, 2.45) is 10.2 Å². The fourth-order valence-corrected chi connectivity index (χ4v) is 3.43. The number of rotatable bonds is 13. The van der Waals surface area contributed by atoms with Gasteiger partial charge in [-0.25, -0.2) is 0 Å². The van der Waals surface area contributed by atoms with Gasteiger partial charge in [0.1, 0.15) is 38.7 Å². The van der Waals surface area contributed by atoms with Gasteiger partial charge in [-0.15, -0.1) is 5.11 Å². The SMILES string of the molecule is CCOc1cc(NC(=O)C(N=Nc2c(OCC)ccc(OCC)c2Cl)C(C)=O)c(Cl)c(OCC)c1. The van der Waals surface area contributed by atoms with Crippen molar-refractivity contribution >= 4 is 46.3 Å². The normalized spacial score (nSPS) is 11.7. The zero-order valence-electron chi connectivity index (χ0n) is 20.3. The molecule has 0 saturated heterocycles. The van der Waals surface area contributed by atoms with E-state index in [1.54, 1.807) is 32.0 Å². The minimum absolute atomic E-state index is 0.147. The van der Waals surface area contributed by atoms with Crippen LogP contribution >= 0.6 is 23.2 Å². The monoisotopic (exact) mass is 525 g/mol. The topological polar surface area (TPSA) is 108 Å². The van der Waals surface area contributed by atoms with Gasteiger partial charge in [-0.05, 0) is 46.8 Å². The van der Waals surface area contributed by atoms with Gasteiger partial charge in [0.05, 0.1) is 32.1 Å². The van der Waals surface area contributed by atoms with E-state index < -0.39 is 17.7 Å². The summed E-state index contributed by atoms with van der Waals surface area (Å²) in [4.78, 5) is 25.3. The molecule has 1 atom stereocenters. The maximum absolute atomic E-state index is 13.0. The second-order valence-electron chi connectivity index (χ2n) is 6.96. The van der Waals surface area contributed by atoms with Crippen LogP contribution in [-0.4, -0.2) is 44.2 Å². The molecule has 35 heavy (non-hydrogen) atoms. The molecule has 9 nitrogen and oxygen atoms in total. The predicted octanol–water partition coefficient (Wildman–Crippen LogP) is 6.27. The number of ether oxygens (including phenoxy) is 4. The van der Waals surface area contributed by atoms with Gasteiger partial charge in [-0.1, -0.05) is 23.2 Å². The molecule has 2 aromatic rings. The molecule has 0 aliphatic heterocycles. The number of amides is 1. The van der Waals surface area contributed by atoms with Crippen molar-refractivity contribution in [2.75, 3.05) is 31.7 Å². The lowest BCUT2D eigenvalue weighted by Crippen LogP contribution is -2.32. The van der Waals surface area contributed by atoms with Gasteiger partial charge in [0.15, 0.2) is 5.78 Å². The first-order valence-corrected chi connectivity index (χ1v) is 11.9. The van der Waals surface area contributed by atoms with Crippen molar-refractivity contribution < 1.29 is 28.5 Å². The number of hydrogen-bond donors (Lipinski definition) is 1. The fraction of sp³-hybridized carbons (Fsp3) is 0.417.